The van der Waals surface area contributed by atoms with Crippen molar-refractivity contribution in [3.8, 4) is 0 Å². The van der Waals surface area contributed by atoms with Gasteiger partial charge in [-0.25, -0.2) is 9.97 Å². The summed E-state index contributed by atoms with van der Waals surface area (Å²) >= 11 is 0. The maximum Gasteiger partial charge on any atom is 0.225 e. The maximum atomic E-state index is 6.32. The van der Waals surface area contributed by atoms with Gasteiger partial charge in [-0.3, -0.25) is 0 Å². The van der Waals surface area contributed by atoms with Crippen LogP contribution in [-0.4, -0.2) is 29.1 Å². The lowest BCUT2D eigenvalue weighted by molar-refractivity contribution is 0.210. The first-order valence-corrected chi connectivity index (χ1v) is 8.10. The lowest BCUT2D eigenvalue weighted by Crippen LogP contribution is -2.55. The van der Waals surface area contributed by atoms with Crippen LogP contribution in [0.3, 0.4) is 0 Å². The normalized spacial score (nSPS) is 30.5. The fraction of sp³-hybridized carbons (Fsp3) is 0.750. The van der Waals surface area contributed by atoms with Crippen molar-refractivity contribution in [1.82, 2.24) is 9.97 Å². The molecule has 2 heterocycles. The molecule has 0 radical (unpaired) electrons. The number of hydrogen-bond donors (Lipinski definition) is 2. The number of aromatic nitrogens is 2. The average Bonchev–Trinajstić information content (AvgIpc) is 2.46. The molecule has 2 fully saturated rings. The summed E-state index contributed by atoms with van der Waals surface area (Å²) in [6.45, 7) is 6.74. The second-order valence-corrected chi connectivity index (χ2v) is 7.16. The number of anilines is 1. The zero-order chi connectivity index (χ0) is 15.0. The molecule has 0 spiro atoms. The lowest BCUT2D eigenvalue weighted by atomic mass is 9.70. The van der Waals surface area contributed by atoms with Crippen molar-refractivity contribution in [3.05, 3.63) is 18.0 Å². The molecule has 1 aliphatic heterocycles. The molecule has 0 bridgehead atoms. The first-order chi connectivity index (χ1) is 9.98. The summed E-state index contributed by atoms with van der Waals surface area (Å²) in [5.74, 6) is 2.45. The van der Waals surface area contributed by atoms with Gasteiger partial charge in [0.25, 0.3) is 0 Å². The molecule has 5 nitrogen and oxygen atoms in total. The molecule has 1 aromatic heterocycles. The summed E-state index contributed by atoms with van der Waals surface area (Å²) in [4.78, 5) is 11.4. The average molecular weight is 289 g/mol. The van der Waals surface area contributed by atoms with Gasteiger partial charge in [0.15, 0.2) is 0 Å². The van der Waals surface area contributed by atoms with Gasteiger partial charge in [-0.1, -0.05) is 13.8 Å². The van der Waals surface area contributed by atoms with E-state index in [1.54, 1.807) is 0 Å². The van der Waals surface area contributed by atoms with Crippen LogP contribution in [-0.2, 0) is 5.54 Å². The van der Waals surface area contributed by atoms with Crippen LogP contribution in [0, 0.1) is 11.8 Å². The van der Waals surface area contributed by atoms with Gasteiger partial charge in [-0.15, -0.1) is 0 Å². The van der Waals surface area contributed by atoms with Gasteiger partial charge in [-0.05, 0) is 37.5 Å². The van der Waals surface area contributed by atoms with Crippen molar-refractivity contribution in [2.45, 2.75) is 51.1 Å². The summed E-state index contributed by atoms with van der Waals surface area (Å²) in [6.07, 6.45) is 7.91. The number of piperidine rings is 1. The molecule has 0 unspecified atom stereocenters. The van der Waals surface area contributed by atoms with Gasteiger partial charge in [0.05, 0.1) is 0 Å². The molecular formula is C16H27N5. The van der Waals surface area contributed by atoms with Gasteiger partial charge in [-0.2, -0.15) is 0 Å². The Hall–Kier alpha value is -1.20. The van der Waals surface area contributed by atoms with E-state index in [9.17, 15) is 0 Å². The molecular weight excluding hydrogens is 262 g/mol. The minimum Gasteiger partial charge on any atom is -0.341 e. The highest BCUT2D eigenvalue weighted by molar-refractivity contribution is 5.33. The topological polar surface area (TPSA) is 81.1 Å². The molecule has 0 aromatic carbocycles. The van der Waals surface area contributed by atoms with E-state index >= 15 is 0 Å². The highest BCUT2D eigenvalue weighted by Gasteiger charge is 2.41. The predicted molar refractivity (Wildman–Crippen MR) is 84.9 cm³/mol. The van der Waals surface area contributed by atoms with Crippen LogP contribution in [0.5, 0.6) is 0 Å². The predicted octanol–water partition coefficient (Wildman–Crippen LogP) is 1.62. The number of nitrogens with zero attached hydrogens (tertiary/aromatic N) is 3. The Labute approximate surface area is 127 Å². The SMILES string of the molecule is CC(C)C1CCN(c2ncc(C3(N)CC(N)C3)cn2)CC1. The smallest absolute Gasteiger partial charge is 0.225 e. The number of nitrogens with two attached hydrogens (primary N) is 2. The highest BCUT2D eigenvalue weighted by Crippen LogP contribution is 2.37. The van der Waals surface area contributed by atoms with E-state index in [1.165, 1.54) is 12.8 Å². The van der Waals surface area contributed by atoms with Crippen LogP contribution in [0.2, 0.25) is 0 Å². The second-order valence-electron chi connectivity index (χ2n) is 7.16. The third kappa shape index (κ3) is 2.90. The van der Waals surface area contributed by atoms with Gasteiger partial charge in [0, 0.05) is 42.6 Å². The van der Waals surface area contributed by atoms with Gasteiger partial charge < -0.3 is 16.4 Å². The Morgan fingerprint density at radius 1 is 1.19 bits per heavy atom. The summed E-state index contributed by atoms with van der Waals surface area (Å²) in [6, 6.07) is 0.227. The van der Waals surface area contributed by atoms with E-state index in [2.05, 4.69) is 28.7 Å². The third-order valence-electron chi connectivity index (χ3n) is 5.23. The summed E-state index contributed by atoms with van der Waals surface area (Å²) < 4.78 is 0. The van der Waals surface area contributed by atoms with E-state index in [-0.39, 0.29) is 11.6 Å². The van der Waals surface area contributed by atoms with Crippen LogP contribution in [0.4, 0.5) is 5.95 Å². The Balaban J connectivity index is 1.63. The van der Waals surface area contributed by atoms with Crippen molar-refractivity contribution in [1.29, 1.82) is 0 Å². The van der Waals surface area contributed by atoms with Crippen LogP contribution in [0.15, 0.2) is 12.4 Å². The highest BCUT2D eigenvalue weighted by atomic mass is 15.2. The molecule has 1 aliphatic carbocycles. The molecule has 5 heteroatoms. The minimum absolute atomic E-state index is 0.227. The summed E-state index contributed by atoms with van der Waals surface area (Å²) in [7, 11) is 0. The molecule has 0 atom stereocenters. The zero-order valence-electron chi connectivity index (χ0n) is 13.1. The molecule has 2 aliphatic rings. The van der Waals surface area contributed by atoms with E-state index in [0.29, 0.717) is 0 Å². The second kappa shape index (κ2) is 5.54. The van der Waals surface area contributed by atoms with Crippen LogP contribution in [0.1, 0.15) is 45.1 Å². The van der Waals surface area contributed by atoms with E-state index < -0.39 is 0 Å². The van der Waals surface area contributed by atoms with E-state index in [4.69, 9.17) is 11.5 Å². The standard InChI is InChI=1S/C16H27N5/c1-11(2)12-3-5-21(6-4-12)15-19-9-13(10-20-15)16(18)7-14(17)8-16/h9-12,14H,3-8,17-18H2,1-2H3. The molecule has 1 aromatic rings. The Kier molecular flexibility index (Phi) is 3.88. The van der Waals surface area contributed by atoms with Crippen LogP contribution >= 0.6 is 0 Å². The van der Waals surface area contributed by atoms with Gasteiger partial charge in [0.1, 0.15) is 0 Å². The van der Waals surface area contributed by atoms with Crippen molar-refractivity contribution in [2.75, 3.05) is 18.0 Å². The first-order valence-electron chi connectivity index (χ1n) is 8.10. The third-order valence-corrected chi connectivity index (χ3v) is 5.23. The quantitative estimate of drug-likeness (QED) is 0.884. The van der Waals surface area contributed by atoms with Crippen molar-refractivity contribution < 1.29 is 0 Å². The van der Waals surface area contributed by atoms with Crippen molar-refractivity contribution in [2.24, 2.45) is 23.3 Å². The summed E-state index contributed by atoms with van der Waals surface area (Å²) in [5, 5.41) is 0. The monoisotopic (exact) mass is 289 g/mol. The van der Waals surface area contributed by atoms with E-state index in [1.807, 2.05) is 12.4 Å². The molecule has 1 saturated heterocycles. The Morgan fingerprint density at radius 3 is 2.24 bits per heavy atom. The fourth-order valence-electron chi connectivity index (χ4n) is 3.62. The Bertz CT molecular complexity index is 470. The molecule has 116 valence electrons. The molecule has 1 saturated carbocycles. The molecule has 0 amide bonds. The van der Waals surface area contributed by atoms with Crippen LogP contribution < -0.4 is 16.4 Å². The first kappa shape index (κ1) is 14.7. The van der Waals surface area contributed by atoms with Crippen molar-refractivity contribution in [3.63, 3.8) is 0 Å². The summed E-state index contributed by atoms with van der Waals surface area (Å²) in [5.41, 5.74) is 12.9. The Morgan fingerprint density at radius 2 is 1.76 bits per heavy atom. The van der Waals surface area contributed by atoms with E-state index in [0.717, 1.165) is 49.3 Å². The fourth-order valence-corrected chi connectivity index (χ4v) is 3.62. The lowest BCUT2D eigenvalue weighted by Gasteiger charge is -2.43. The largest absolute Gasteiger partial charge is 0.341 e. The number of rotatable bonds is 3. The number of hydrogen-bond acceptors (Lipinski definition) is 5. The van der Waals surface area contributed by atoms with Crippen LogP contribution in [0.25, 0.3) is 0 Å². The van der Waals surface area contributed by atoms with Gasteiger partial charge >= 0.3 is 0 Å². The molecule has 21 heavy (non-hydrogen) atoms. The van der Waals surface area contributed by atoms with Crippen molar-refractivity contribution >= 4 is 5.95 Å². The van der Waals surface area contributed by atoms with Gasteiger partial charge in [0.2, 0.25) is 5.95 Å². The molecule has 3 rings (SSSR count). The minimum atomic E-state index is -0.303. The zero-order valence-corrected chi connectivity index (χ0v) is 13.1. The molecule has 4 N–H and O–H groups in total. The maximum absolute atomic E-state index is 6.32.